The number of aliphatic hydroxyl groups excluding tert-OH is 4. The summed E-state index contributed by atoms with van der Waals surface area (Å²) >= 11 is 0. The average Bonchev–Trinajstić information content (AvgIpc) is 2.98. The number of carbonyl (C=O) groups excluding carboxylic acids is 1. The maximum Gasteiger partial charge on any atom is 0.293 e. The van der Waals surface area contributed by atoms with Crippen molar-refractivity contribution in [3.05, 3.63) is 12.2 Å². The predicted molar refractivity (Wildman–Crippen MR) is 62.2 cm³/mol. The van der Waals surface area contributed by atoms with Gasteiger partial charge >= 0.3 is 0 Å². The summed E-state index contributed by atoms with van der Waals surface area (Å²) in [7, 11) is 1.33. The van der Waals surface area contributed by atoms with Crippen LogP contribution in [0.15, 0.2) is 6.33 Å². The molecule has 1 aliphatic heterocycles. The van der Waals surface area contributed by atoms with Gasteiger partial charge in [0, 0.05) is 7.05 Å². The van der Waals surface area contributed by atoms with Crippen molar-refractivity contribution >= 4 is 5.91 Å². The largest absolute Gasteiger partial charge is 0.394 e. The molecule has 0 radical (unpaired) electrons. The van der Waals surface area contributed by atoms with Crippen LogP contribution in [0.2, 0.25) is 0 Å². The molecule has 0 bridgehead atoms. The first-order chi connectivity index (χ1) is 9.47. The van der Waals surface area contributed by atoms with E-state index in [1.807, 2.05) is 0 Å². The number of carbonyl (C=O) groups is 1. The number of likely N-dealkylation sites (N-methyl/N-ethyl adjacent to an activating group) is 1. The van der Waals surface area contributed by atoms with Crippen LogP contribution in [-0.4, -0.2) is 90.7 Å². The lowest BCUT2D eigenvalue weighted by Gasteiger charge is -2.43. The monoisotopic (exact) mass is 288 g/mol. The van der Waals surface area contributed by atoms with E-state index in [9.17, 15) is 20.1 Å². The molecule has 10 nitrogen and oxygen atoms in total. The number of H-pyrrole nitrogens is 1. The van der Waals surface area contributed by atoms with Crippen LogP contribution in [0.5, 0.6) is 0 Å². The van der Waals surface area contributed by atoms with E-state index in [0.29, 0.717) is 0 Å². The maximum atomic E-state index is 12.0. The fourth-order valence-corrected chi connectivity index (χ4v) is 1.99. The van der Waals surface area contributed by atoms with Gasteiger partial charge in [0.2, 0.25) is 5.82 Å². The molecular weight excluding hydrogens is 272 g/mol. The van der Waals surface area contributed by atoms with E-state index in [2.05, 4.69) is 15.2 Å². The quantitative estimate of drug-likeness (QED) is 0.387. The van der Waals surface area contributed by atoms with Crippen molar-refractivity contribution in [1.29, 1.82) is 0 Å². The number of nitrogens with one attached hydrogen (secondary N) is 1. The smallest absolute Gasteiger partial charge is 0.293 e. The van der Waals surface area contributed by atoms with Crippen LogP contribution in [0.25, 0.3) is 0 Å². The Morgan fingerprint density at radius 1 is 1.40 bits per heavy atom. The highest BCUT2D eigenvalue weighted by Gasteiger charge is 2.46. The SMILES string of the molecule is CN(C(=O)c1ncn[nH]1)[C@H]1O[C@@H](CO)[C@@H](O)[C@@H](O)[C@@H]1O. The van der Waals surface area contributed by atoms with Crippen LogP contribution >= 0.6 is 0 Å². The zero-order chi connectivity index (χ0) is 14.9. The summed E-state index contributed by atoms with van der Waals surface area (Å²) in [6.07, 6.45) is -5.71. The molecular formula is C10H16N4O6. The van der Waals surface area contributed by atoms with Crippen molar-refractivity contribution < 1.29 is 30.0 Å². The van der Waals surface area contributed by atoms with Crippen molar-refractivity contribution in [2.45, 2.75) is 30.6 Å². The first-order valence-electron chi connectivity index (χ1n) is 5.90. The standard InChI is InChI=1S/C10H16N4O6/c1-14(9(19)8-11-3-12-13-8)10-7(18)6(17)5(16)4(2-15)20-10/h3-7,10,15-18H,2H2,1H3,(H,11,12,13)/t4-,5+,6+,7-,10-/m0/s1. The van der Waals surface area contributed by atoms with Gasteiger partial charge in [-0.2, -0.15) is 5.10 Å². The summed E-state index contributed by atoms with van der Waals surface area (Å²) in [5, 5.41) is 44.2. The lowest BCUT2D eigenvalue weighted by molar-refractivity contribution is -0.254. The number of ether oxygens (including phenoxy) is 1. The van der Waals surface area contributed by atoms with Crippen molar-refractivity contribution in [2.75, 3.05) is 13.7 Å². The van der Waals surface area contributed by atoms with Gasteiger partial charge in [0.05, 0.1) is 6.61 Å². The Kier molecular flexibility index (Phi) is 4.30. The second-order valence-electron chi connectivity index (χ2n) is 4.47. The van der Waals surface area contributed by atoms with Crippen molar-refractivity contribution in [2.24, 2.45) is 0 Å². The van der Waals surface area contributed by atoms with Gasteiger partial charge in [-0.05, 0) is 0 Å². The van der Waals surface area contributed by atoms with E-state index in [1.165, 1.54) is 7.05 Å². The van der Waals surface area contributed by atoms with Crippen molar-refractivity contribution in [3.63, 3.8) is 0 Å². The number of rotatable bonds is 3. The Morgan fingerprint density at radius 2 is 2.10 bits per heavy atom. The first-order valence-corrected chi connectivity index (χ1v) is 5.90. The number of aliphatic hydroxyl groups is 4. The number of aromatic amines is 1. The van der Waals surface area contributed by atoms with Gasteiger partial charge in [-0.25, -0.2) is 4.98 Å². The molecule has 20 heavy (non-hydrogen) atoms. The highest BCUT2D eigenvalue weighted by Crippen LogP contribution is 2.23. The molecule has 0 spiro atoms. The molecule has 1 aromatic heterocycles. The third-order valence-corrected chi connectivity index (χ3v) is 3.19. The van der Waals surface area contributed by atoms with Gasteiger partial charge in [0.15, 0.2) is 6.23 Å². The predicted octanol–water partition coefficient (Wildman–Crippen LogP) is -3.32. The highest BCUT2D eigenvalue weighted by atomic mass is 16.6. The topological polar surface area (TPSA) is 152 Å². The molecule has 112 valence electrons. The van der Waals surface area contributed by atoms with Gasteiger partial charge in [-0.15, -0.1) is 0 Å². The Labute approximate surface area is 113 Å². The first kappa shape index (κ1) is 14.8. The Morgan fingerprint density at radius 3 is 2.65 bits per heavy atom. The zero-order valence-electron chi connectivity index (χ0n) is 10.6. The van der Waals surface area contributed by atoms with Crippen molar-refractivity contribution in [3.8, 4) is 0 Å². The highest BCUT2D eigenvalue weighted by molar-refractivity contribution is 5.90. The third kappa shape index (κ3) is 2.51. The molecule has 5 atom stereocenters. The minimum absolute atomic E-state index is 0.0653. The van der Waals surface area contributed by atoms with Crippen LogP contribution in [0.4, 0.5) is 0 Å². The van der Waals surface area contributed by atoms with E-state index < -0.39 is 43.2 Å². The molecule has 10 heteroatoms. The molecule has 1 amide bonds. The summed E-state index contributed by atoms with van der Waals surface area (Å²) < 4.78 is 5.24. The van der Waals surface area contributed by atoms with Gasteiger partial charge in [-0.1, -0.05) is 0 Å². The number of amides is 1. The van der Waals surface area contributed by atoms with E-state index in [1.54, 1.807) is 0 Å². The normalized spacial score (nSPS) is 34.0. The number of nitrogens with zero attached hydrogens (tertiary/aromatic N) is 3. The van der Waals surface area contributed by atoms with E-state index in [-0.39, 0.29) is 5.82 Å². The Hall–Kier alpha value is -1.59. The molecule has 1 fully saturated rings. The second kappa shape index (κ2) is 5.81. The fourth-order valence-electron chi connectivity index (χ4n) is 1.99. The third-order valence-electron chi connectivity index (χ3n) is 3.19. The summed E-state index contributed by atoms with van der Waals surface area (Å²) in [5.41, 5.74) is 0. The molecule has 1 saturated heterocycles. The Bertz CT molecular complexity index is 453. The number of hydrogen-bond acceptors (Lipinski definition) is 8. The summed E-state index contributed by atoms with van der Waals surface area (Å²) in [6.45, 7) is -0.564. The van der Waals surface area contributed by atoms with Gasteiger partial charge < -0.3 is 30.1 Å². The van der Waals surface area contributed by atoms with Crippen LogP contribution < -0.4 is 0 Å². The molecule has 0 saturated carbocycles. The van der Waals surface area contributed by atoms with E-state index >= 15 is 0 Å². The molecule has 2 heterocycles. The molecule has 0 unspecified atom stereocenters. The average molecular weight is 288 g/mol. The molecule has 1 aliphatic rings. The lowest BCUT2D eigenvalue weighted by Crippen LogP contribution is -2.63. The minimum Gasteiger partial charge on any atom is -0.394 e. The molecule has 0 aromatic carbocycles. The molecule has 5 N–H and O–H groups in total. The van der Waals surface area contributed by atoms with Crippen molar-refractivity contribution in [1.82, 2.24) is 20.1 Å². The summed E-state index contributed by atoms with van der Waals surface area (Å²) in [6, 6.07) is 0. The van der Waals surface area contributed by atoms with Crippen LogP contribution in [0.1, 0.15) is 10.6 Å². The Balaban J connectivity index is 2.16. The zero-order valence-corrected chi connectivity index (χ0v) is 10.6. The van der Waals surface area contributed by atoms with Crippen LogP contribution in [0, 0.1) is 0 Å². The second-order valence-corrected chi connectivity index (χ2v) is 4.47. The van der Waals surface area contributed by atoms with E-state index in [4.69, 9.17) is 9.84 Å². The van der Waals surface area contributed by atoms with Crippen LogP contribution in [0.3, 0.4) is 0 Å². The van der Waals surface area contributed by atoms with Crippen LogP contribution in [-0.2, 0) is 4.74 Å². The van der Waals surface area contributed by atoms with Gasteiger partial charge in [0.25, 0.3) is 5.91 Å². The summed E-state index contributed by atoms with van der Waals surface area (Å²) in [5.74, 6) is -0.684. The number of aromatic nitrogens is 3. The fraction of sp³-hybridized carbons (Fsp3) is 0.700. The van der Waals surface area contributed by atoms with Gasteiger partial charge in [-0.3, -0.25) is 9.89 Å². The number of hydrogen-bond donors (Lipinski definition) is 5. The minimum atomic E-state index is -1.55. The summed E-state index contributed by atoms with van der Waals surface area (Å²) in [4.78, 5) is 16.7. The lowest BCUT2D eigenvalue weighted by atomic mass is 9.98. The van der Waals surface area contributed by atoms with Gasteiger partial charge in [0.1, 0.15) is 30.7 Å². The maximum absolute atomic E-state index is 12.0. The molecule has 2 rings (SSSR count). The molecule has 0 aliphatic carbocycles. The van der Waals surface area contributed by atoms with E-state index in [0.717, 1.165) is 11.2 Å². The molecule has 1 aromatic rings.